The fourth-order valence-electron chi connectivity index (χ4n) is 4.14. The Hall–Kier alpha value is -4.51. The van der Waals surface area contributed by atoms with Gasteiger partial charge < -0.3 is 18.9 Å². The van der Waals surface area contributed by atoms with Gasteiger partial charge in [-0.05, 0) is 49.8 Å². The monoisotopic (exact) mass is 550 g/mol. The highest BCUT2D eigenvalue weighted by molar-refractivity contribution is 7.07. The van der Waals surface area contributed by atoms with E-state index in [0.717, 1.165) is 11.3 Å². The molecule has 10 nitrogen and oxygen atoms in total. The van der Waals surface area contributed by atoms with Crippen LogP contribution in [0.25, 0.3) is 6.08 Å². The van der Waals surface area contributed by atoms with Crippen molar-refractivity contribution in [1.29, 1.82) is 0 Å². The highest BCUT2D eigenvalue weighted by Crippen LogP contribution is 2.32. The third-order valence-corrected chi connectivity index (χ3v) is 6.72. The van der Waals surface area contributed by atoms with Crippen LogP contribution in [0, 0.1) is 0 Å². The molecule has 0 saturated carbocycles. The average Bonchev–Trinajstić information content (AvgIpc) is 3.18. The van der Waals surface area contributed by atoms with Crippen molar-refractivity contribution in [3.63, 3.8) is 0 Å². The maximum absolute atomic E-state index is 13.8. The molecule has 2 heterocycles. The van der Waals surface area contributed by atoms with E-state index in [1.807, 2.05) is 0 Å². The van der Waals surface area contributed by atoms with Crippen LogP contribution < -0.4 is 29.1 Å². The number of nitrogens with zero attached hydrogens (tertiary/aromatic N) is 2. The molecule has 0 amide bonds. The van der Waals surface area contributed by atoms with Gasteiger partial charge in [-0.1, -0.05) is 23.5 Å². The first-order valence-electron chi connectivity index (χ1n) is 12.0. The molecule has 2 aromatic carbocycles. The first-order chi connectivity index (χ1) is 18.6. The molecule has 0 bridgehead atoms. The molecule has 0 radical (unpaired) electrons. The Kier molecular flexibility index (Phi) is 8.10. The van der Waals surface area contributed by atoms with Crippen molar-refractivity contribution in [2.75, 3.05) is 13.7 Å². The molecule has 1 aliphatic heterocycles. The first kappa shape index (κ1) is 27.5. The first-order valence-corrected chi connectivity index (χ1v) is 12.8. The summed E-state index contributed by atoms with van der Waals surface area (Å²) in [6.45, 7) is 6.07. The lowest BCUT2D eigenvalue weighted by atomic mass is 9.96. The van der Waals surface area contributed by atoms with Crippen LogP contribution in [0.3, 0.4) is 0 Å². The maximum Gasteiger partial charge on any atom is 0.338 e. The van der Waals surface area contributed by atoms with Gasteiger partial charge in [-0.15, -0.1) is 0 Å². The summed E-state index contributed by atoms with van der Waals surface area (Å²) in [6, 6.07) is 10.8. The molecule has 0 saturated heterocycles. The minimum Gasteiger partial charge on any atom is -0.497 e. The number of thiazole rings is 1. The van der Waals surface area contributed by atoms with E-state index >= 15 is 0 Å². The van der Waals surface area contributed by atoms with Gasteiger partial charge in [0.15, 0.2) is 4.80 Å². The Morgan fingerprint density at radius 1 is 1.03 bits per heavy atom. The Morgan fingerprint density at radius 2 is 1.69 bits per heavy atom. The molecule has 0 N–H and O–H groups in total. The topological polar surface area (TPSA) is 122 Å². The van der Waals surface area contributed by atoms with Crippen LogP contribution in [0.5, 0.6) is 17.2 Å². The standard InChI is InChI=1S/C28H26N2O8S/c1-6-36-27(34)24-15(2)29-28-30(25(24)18-7-10-20(35-5)11-8-18)26(33)23(39-28)13-19-9-12-21(37-16(3)31)14-22(19)38-17(4)32/h7-14,25H,6H2,1-5H3/b23-13+/t25-/m1/s1. The molecule has 1 aliphatic rings. The normalized spacial score (nSPS) is 14.8. The summed E-state index contributed by atoms with van der Waals surface area (Å²) < 4.78 is 22.7. The van der Waals surface area contributed by atoms with Crippen LogP contribution in [0.4, 0.5) is 0 Å². The van der Waals surface area contributed by atoms with Crippen molar-refractivity contribution in [3.8, 4) is 17.2 Å². The Balaban J connectivity index is 1.91. The number of ether oxygens (including phenoxy) is 4. The van der Waals surface area contributed by atoms with Gasteiger partial charge in [0, 0.05) is 25.5 Å². The molecule has 3 aromatic rings. The van der Waals surface area contributed by atoms with Crippen molar-refractivity contribution in [3.05, 3.63) is 84.5 Å². The van der Waals surface area contributed by atoms with E-state index < -0.39 is 29.5 Å². The Bertz CT molecular complexity index is 1660. The fourth-order valence-corrected chi connectivity index (χ4v) is 5.18. The molecule has 1 aromatic heterocycles. The maximum atomic E-state index is 13.8. The lowest BCUT2D eigenvalue weighted by Gasteiger charge is -2.24. The van der Waals surface area contributed by atoms with Gasteiger partial charge in [-0.3, -0.25) is 19.0 Å². The molecule has 1 atom stereocenters. The zero-order valence-corrected chi connectivity index (χ0v) is 22.8. The van der Waals surface area contributed by atoms with E-state index in [1.54, 1.807) is 57.4 Å². The van der Waals surface area contributed by atoms with Crippen molar-refractivity contribution in [2.45, 2.75) is 33.7 Å². The van der Waals surface area contributed by atoms with Gasteiger partial charge in [0.1, 0.15) is 17.2 Å². The fraction of sp³-hybridized carbons (Fsp3) is 0.250. The predicted molar refractivity (Wildman–Crippen MR) is 142 cm³/mol. The second-order valence-electron chi connectivity index (χ2n) is 8.46. The third-order valence-electron chi connectivity index (χ3n) is 5.74. The largest absolute Gasteiger partial charge is 0.497 e. The number of fused-ring (bicyclic) bond motifs is 1. The highest BCUT2D eigenvalue weighted by atomic mass is 32.1. The zero-order valence-electron chi connectivity index (χ0n) is 22.0. The molecule has 0 fully saturated rings. The summed E-state index contributed by atoms with van der Waals surface area (Å²) in [5, 5.41) is 0. The summed E-state index contributed by atoms with van der Waals surface area (Å²) in [5.74, 6) is -0.753. The number of carbonyl (C=O) groups is 3. The van der Waals surface area contributed by atoms with E-state index in [-0.39, 0.29) is 23.7 Å². The van der Waals surface area contributed by atoms with E-state index in [1.165, 1.54) is 30.5 Å². The van der Waals surface area contributed by atoms with Gasteiger partial charge in [0.2, 0.25) is 0 Å². The Labute approximate surface area is 227 Å². The lowest BCUT2D eigenvalue weighted by Crippen LogP contribution is -2.39. The van der Waals surface area contributed by atoms with Gasteiger partial charge >= 0.3 is 17.9 Å². The molecular weight excluding hydrogens is 524 g/mol. The zero-order chi connectivity index (χ0) is 28.3. The van der Waals surface area contributed by atoms with Crippen molar-refractivity contribution < 1.29 is 33.3 Å². The van der Waals surface area contributed by atoms with E-state index in [2.05, 4.69) is 4.99 Å². The number of hydrogen-bond acceptors (Lipinski definition) is 10. The quantitative estimate of drug-likeness (QED) is 0.325. The van der Waals surface area contributed by atoms with Gasteiger partial charge in [0.05, 0.1) is 35.6 Å². The number of carbonyl (C=O) groups excluding carboxylic acids is 3. The highest BCUT2D eigenvalue weighted by Gasteiger charge is 2.33. The summed E-state index contributed by atoms with van der Waals surface area (Å²) in [5.41, 5.74) is 1.38. The summed E-state index contributed by atoms with van der Waals surface area (Å²) >= 11 is 1.13. The molecule has 0 spiro atoms. The van der Waals surface area contributed by atoms with Crippen molar-refractivity contribution >= 4 is 35.3 Å². The van der Waals surface area contributed by atoms with Gasteiger partial charge in [0.25, 0.3) is 5.56 Å². The number of benzene rings is 2. The van der Waals surface area contributed by atoms with Gasteiger partial charge in [-0.2, -0.15) is 0 Å². The summed E-state index contributed by atoms with van der Waals surface area (Å²) in [4.78, 5) is 54.9. The molecule has 202 valence electrons. The second-order valence-corrected chi connectivity index (χ2v) is 9.47. The van der Waals surface area contributed by atoms with Gasteiger partial charge in [-0.25, -0.2) is 9.79 Å². The molecular formula is C28H26N2O8S. The van der Waals surface area contributed by atoms with Crippen molar-refractivity contribution in [1.82, 2.24) is 4.57 Å². The third kappa shape index (κ3) is 5.83. The second kappa shape index (κ2) is 11.5. The molecule has 4 rings (SSSR count). The van der Waals surface area contributed by atoms with E-state index in [4.69, 9.17) is 18.9 Å². The number of methoxy groups -OCH3 is 1. The number of rotatable bonds is 7. The van der Waals surface area contributed by atoms with Crippen LogP contribution in [0.2, 0.25) is 0 Å². The minimum atomic E-state index is -0.785. The average molecular weight is 551 g/mol. The minimum absolute atomic E-state index is 0.113. The molecule has 0 aliphatic carbocycles. The molecule has 11 heteroatoms. The van der Waals surface area contributed by atoms with E-state index in [0.29, 0.717) is 31.9 Å². The van der Waals surface area contributed by atoms with Crippen LogP contribution in [-0.4, -0.2) is 36.2 Å². The number of esters is 3. The smallest absolute Gasteiger partial charge is 0.338 e. The number of aromatic nitrogens is 1. The summed E-state index contributed by atoms with van der Waals surface area (Å²) in [6.07, 6.45) is 1.56. The predicted octanol–water partition coefficient (Wildman–Crippen LogP) is 2.66. The van der Waals surface area contributed by atoms with Crippen LogP contribution in [0.15, 0.2) is 63.5 Å². The lowest BCUT2D eigenvalue weighted by molar-refractivity contribution is -0.139. The molecule has 39 heavy (non-hydrogen) atoms. The van der Waals surface area contributed by atoms with Crippen LogP contribution in [-0.2, 0) is 19.1 Å². The van der Waals surface area contributed by atoms with Crippen molar-refractivity contribution in [2.24, 2.45) is 4.99 Å². The number of allylic oxidation sites excluding steroid dienone is 1. The Morgan fingerprint density at radius 3 is 2.31 bits per heavy atom. The summed E-state index contributed by atoms with van der Waals surface area (Å²) in [7, 11) is 1.55. The van der Waals surface area contributed by atoms with Crippen LogP contribution >= 0.6 is 11.3 Å². The van der Waals surface area contributed by atoms with E-state index in [9.17, 15) is 19.2 Å². The number of hydrogen-bond donors (Lipinski definition) is 0. The van der Waals surface area contributed by atoms with Crippen LogP contribution in [0.1, 0.15) is 44.9 Å². The molecule has 0 unspecified atom stereocenters. The SMILES string of the molecule is CCOC(=O)C1=C(C)N=c2s/c(=C/c3ccc(OC(C)=O)cc3OC(C)=O)c(=O)n2[C@@H]1c1ccc(OC)cc1.